The van der Waals surface area contributed by atoms with Crippen molar-refractivity contribution >= 4 is 33.2 Å². The second-order valence-electron chi connectivity index (χ2n) is 3.27. The summed E-state index contributed by atoms with van der Waals surface area (Å²) < 4.78 is 0.934. The molecule has 1 N–H and O–H groups in total. The highest BCUT2D eigenvalue weighted by Crippen LogP contribution is 2.31. The van der Waals surface area contributed by atoms with Crippen LogP contribution in [0.1, 0.15) is 0 Å². The number of terminal acetylenes is 1. The summed E-state index contributed by atoms with van der Waals surface area (Å²) in [5.41, 5.74) is 1.77. The summed E-state index contributed by atoms with van der Waals surface area (Å²) in [4.78, 5) is 13.3. The van der Waals surface area contributed by atoms with Crippen LogP contribution >= 0.6 is 15.9 Å². The van der Waals surface area contributed by atoms with Crippen molar-refractivity contribution in [3.05, 3.63) is 22.7 Å². The number of hydrogen-bond donors (Lipinski definition) is 1. The molecule has 0 saturated heterocycles. The van der Waals surface area contributed by atoms with E-state index in [1.165, 1.54) is 0 Å². The largest absolute Gasteiger partial charge is 0.349 e. The minimum Gasteiger partial charge on any atom is -0.349 e. The molecule has 0 atom stereocenters. The molecular formula is C11H9BrN2O. The highest BCUT2D eigenvalue weighted by molar-refractivity contribution is 9.10. The summed E-state index contributed by atoms with van der Waals surface area (Å²) in [6.45, 7) is 0.765. The molecule has 1 heterocycles. The molecule has 0 saturated carbocycles. The van der Waals surface area contributed by atoms with Crippen molar-refractivity contribution in [2.24, 2.45) is 0 Å². The molecule has 1 aliphatic heterocycles. The van der Waals surface area contributed by atoms with Crippen LogP contribution in [0.3, 0.4) is 0 Å². The minimum atomic E-state index is -0.0316. The first-order chi connectivity index (χ1) is 7.20. The summed E-state index contributed by atoms with van der Waals surface area (Å²) in [6.07, 6.45) is 5.26. The summed E-state index contributed by atoms with van der Waals surface area (Å²) >= 11 is 3.36. The van der Waals surface area contributed by atoms with Gasteiger partial charge in [0.15, 0.2) is 0 Å². The third-order valence-corrected chi connectivity index (χ3v) is 2.68. The third-order valence-electron chi connectivity index (χ3n) is 2.19. The maximum absolute atomic E-state index is 11.4. The second-order valence-corrected chi connectivity index (χ2v) is 4.19. The van der Waals surface area contributed by atoms with E-state index in [0.717, 1.165) is 15.8 Å². The number of anilines is 2. The van der Waals surface area contributed by atoms with E-state index >= 15 is 0 Å². The lowest BCUT2D eigenvalue weighted by atomic mass is 10.2. The van der Waals surface area contributed by atoms with E-state index in [9.17, 15) is 4.79 Å². The molecule has 1 aromatic carbocycles. The Bertz CT molecular complexity index is 450. The molecule has 0 bridgehead atoms. The van der Waals surface area contributed by atoms with Gasteiger partial charge in [0.25, 0.3) is 0 Å². The molecule has 15 heavy (non-hydrogen) atoms. The van der Waals surface area contributed by atoms with Crippen molar-refractivity contribution in [1.29, 1.82) is 0 Å². The zero-order valence-corrected chi connectivity index (χ0v) is 9.54. The van der Waals surface area contributed by atoms with Crippen LogP contribution in [0, 0.1) is 12.3 Å². The average Bonchev–Trinajstić information content (AvgIpc) is 2.17. The highest BCUT2D eigenvalue weighted by atomic mass is 79.9. The van der Waals surface area contributed by atoms with Crippen molar-refractivity contribution in [2.45, 2.75) is 0 Å². The van der Waals surface area contributed by atoms with Gasteiger partial charge in [-0.1, -0.05) is 21.9 Å². The van der Waals surface area contributed by atoms with Gasteiger partial charge >= 0.3 is 0 Å². The molecule has 0 spiro atoms. The predicted molar refractivity (Wildman–Crippen MR) is 63.8 cm³/mol. The van der Waals surface area contributed by atoms with Crippen LogP contribution < -0.4 is 10.2 Å². The number of carbonyl (C=O) groups is 1. The van der Waals surface area contributed by atoms with Gasteiger partial charge in [-0.3, -0.25) is 4.79 Å². The van der Waals surface area contributed by atoms with E-state index < -0.39 is 0 Å². The molecule has 3 nitrogen and oxygen atoms in total. The first-order valence-electron chi connectivity index (χ1n) is 4.48. The smallest absolute Gasteiger partial charge is 0.243 e. The van der Waals surface area contributed by atoms with Gasteiger partial charge in [-0.25, -0.2) is 0 Å². The Hall–Kier alpha value is -1.47. The Morgan fingerprint density at radius 3 is 3.13 bits per heavy atom. The maximum Gasteiger partial charge on any atom is 0.243 e. The lowest BCUT2D eigenvalue weighted by molar-refractivity contribution is -0.115. The van der Waals surface area contributed by atoms with Crippen LogP contribution in [0.2, 0.25) is 0 Å². The van der Waals surface area contributed by atoms with E-state index in [0.29, 0.717) is 13.1 Å². The molecular weight excluding hydrogens is 256 g/mol. The normalized spacial score (nSPS) is 14.1. The van der Waals surface area contributed by atoms with Gasteiger partial charge < -0.3 is 10.2 Å². The van der Waals surface area contributed by atoms with Gasteiger partial charge in [-0.2, -0.15) is 0 Å². The Morgan fingerprint density at radius 1 is 1.60 bits per heavy atom. The van der Waals surface area contributed by atoms with Crippen LogP contribution in [-0.2, 0) is 4.79 Å². The number of amides is 1. The van der Waals surface area contributed by atoms with E-state index in [4.69, 9.17) is 6.42 Å². The van der Waals surface area contributed by atoms with Gasteiger partial charge in [0.05, 0.1) is 24.5 Å². The number of benzene rings is 1. The van der Waals surface area contributed by atoms with E-state index in [1.54, 1.807) is 0 Å². The Morgan fingerprint density at radius 2 is 2.40 bits per heavy atom. The fraction of sp³-hybridized carbons (Fsp3) is 0.182. The van der Waals surface area contributed by atoms with Crippen molar-refractivity contribution in [3.63, 3.8) is 0 Å². The topological polar surface area (TPSA) is 32.3 Å². The number of carbonyl (C=O) groups excluding carboxylic acids is 1. The van der Waals surface area contributed by atoms with Gasteiger partial charge in [-0.05, 0) is 18.2 Å². The lowest BCUT2D eigenvalue weighted by Gasteiger charge is -2.29. The number of rotatable bonds is 1. The van der Waals surface area contributed by atoms with Gasteiger partial charge in [0.1, 0.15) is 0 Å². The van der Waals surface area contributed by atoms with Crippen molar-refractivity contribution in [3.8, 4) is 12.3 Å². The first-order valence-corrected chi connectivity index (χ1v) is 5.28. The summed E-state index contributed by atoms with van der Waals surface area (Å²) in [5.74, 6) is 2.52. The predicted octanol–water partition coefficient (Wildman–Crippen LogP) is 1.84. The molecule has 0 fully saturated rings. The Labute approximate surface area is 96.6 Å². The van der Waals surface area contributed by atoms with Crippen LogP contribution in [0.4, 0.5) is 11.4 Å². The Balaban J connectivity index is 2.42. The molecule has 76 valence electrons. The third kappa shape index (κ3) is 1.97. The molecule has 0 aliphatic carbocycles. The molecule has 0 unspecified atom stereocenters. The minimum absolute atomic E-state index is 0.0316. The van der Waals surface area contributed by atoms with Gasteiger partial charge in [0, 0.05) is 4.47 Å². The molecule has 1 amide bonds. The fourth-order valence-corrected chi connectivity index (χ4v) is 1.94. The lowest BCUT2D eigenvalue weighted by Crippen LogP contribution is -2.38. The van der Waals surface area contributed by atoms with E-state index in [1.807, 2.05) is 23.1 Å². The van der Waals surface area contributed by atoms with Gasteiger partial charge in [0.2, 0.25) is 5.91 Å². The van der Waals surface area contributed by atoms with Crippen molar-refractivity contribution in [1.82, 2.24) is 0 Å². The number of fused-ring (bicyclic) bond motifs is 1. The second kappa shape index (κ2) is 3.95. The molecule has 2 rings (SSSR count). The van der Waals surface area contributed by atoms with Crippen molar-refractivity contribution in [2.75, 3.05) is 23.3 Å². The van der Waals surface area contributed by atoms with E-state index in [-0.39, 0.29) is 5.91 Å². The Kier molecular flexibility index (Phi) is 2.65. The average molecular weight is 265 g/mol. The molecule has 0 radical (unpaired) electrons. The molecule has 0 aromatic heterocycles. The highest BCUT2D eigenvalue weighted by Gasteiger charge is 2.20. The van der Waals surface area contributed by atoms with Crippen LogP contribution in [0.15, 0.2) is 22.7 Å². The summed E-state index contributed by atoms with van der Waals surface area (Å²) in [5, 5.41) is 2.81. The summed E-state index contributed by atoms with van der Waals surface area (Å²) in [7, 11) is 0. The van der Waals surface area contributed by atoms with E-state index in [2.05, 4.69) is 27.2 Å². The maximum atomic E-state index is 11.4. The monoisotopic (exact) mass is 264 g/mol. The fourth-order valence-electron chi connectivity index (χ4n) is 1.58. The van der Waals surface area contributed by atoms with Crippen LogP contribution in [0.25, 0.3) is 0 Å². The van der Waals surface area contributed by atoms with Crippen LogP contribution in [0.5, 0.6) is 0 Å². The molecule has 1 aliphatic rings. The van der Waals surface area contributed by atoms with Crippen molar-refractivity contribution < 1.29 is 4.79 Å². The standard InChI is InChI=1S/C11H9BrN2O/c1-2-5-14-7-11(15)13-9-6-8(12)3-4-10(9)14/h1,3-4,6H,5,7H2,(H,13,15). The quantitative estimate of drug-likeness (QED) is 0.786. The van der Waals surface area contributed by atoms with Crippen LogP contribution in [-0.4, -0.2) is 19.0 Å². The zero-order valence-electron chi connectivity index (χ0n) is 7.96. The van der Waals surface area contributed by atoms with Gasteiger partial charge in [-0.15, -0.1) is 6.42 Å². The summed E-state index contributed by atoms with van der Waals surface area (Å²) in [6, 6.07) is 5.74. The molecule has 4 heteroatoms. The number of halogens is 1. The molecule has 1 aromatic rings. The SMILES string of the molecule is C#CCN1CC(=O)Nc2cc(Br)ccc21. The number of hydrogen-bond acceptors (Lipinski definition) is 2. The zero-order chi connectivity index (χ0) is 10.8. The number of nitrogens with one attached hydrogen (secondary N) is 1. The first kappa shape index (κ1) is 10.1. The number of nitrogens with zero attached hydrogens (tertiary/aromatic N) is 1.